The number of nitrogens with one attached hydrogen (secondary N) is 1. The summed E-state index contributed by atoms with van der Waals surface area (Å²) >= 11 is 0. The predicted octanol–water partition coefficient (Wildman–Crippen LogP) is 4.32. The van der Waals surface area contributed by atoms with Crippen molar-refractivity contribution in [2.75, 3.05) is 19.8 Å². The van der Waals surface area contributed by atoms with E-state index in [1.165, 1.54) is 5.56 Å². The van der Waals surface area contributed by atoms with Crippen LogP contribution in [-0.4, -0.2) is 35.4 Å². The molecule has 3 rings (SSSR count). The van der Waals surface area contributed by atoms with Crippen LogP contribution in [0.3, 0.4) is 0 Å². The molecule has 0 unspecified atom stereocenters. The third-order valence-electron chi connectivity index (χ3n) is 4.75. The molecule has 1 amide bonds. The second kappa shape index (κ2) is 10.6. The molecule has 5 nitrogen and oxygen atoms in total. The molecule has 29 heavy (non-hydrogen) atoms. The van der Waals surface area contributed by atoms with Gasteiger partial charge in [-0.05, 0) is 44.4 Å². The summed E-state index contributed by atoms with van der Waals surface area (Å²) in [6, 6.07) is 18.4. The maximum absolute atomic E-state index is 12.2. The maximum Gasteiger partial charge on any atom is 0.220 e. The van der Waals surface area contributed by atoms with Crippen LogP contribution in [0.15, 0.2) is 60.8 Å². The molecule has 3 aromatic rings. The number of benzene rings is 2. The van der Waals surface area contributed by atoms with E-state index in [4.69, 9.17) is 9.84 Å². The maximum atomic E-state index is 12.2. The lowest BCUT2D eigenvalue weighted by Crippen LogP contribution is -2.25. The summed E-state index contributed by atoms with van der Waals surface area (Å²) < 4.78 is 7.19. The molecule has 5 heteroatoms. The van der Waals surface area contributed by atoms with E-state index in [1.54, 1.807) is 0 Å². The summed E-state index contributed by atoms with van der Waals surface area (Å²) in [5.41, 5.74) is 5.29. The molecule has 0 saturated carbocycles. The molecule has 0 atom stereocenters. The minimum absolute atomic E-state index is 0.0591. The number of aryl methyl sites for hydroxylation is 2. The molecule has 0 spiro atoms. The fourth-order valence-corrected chi connectivity index (χ4v) is 3.14. The van der Waals surface area contributed by atoms with Crippen molar-refractivity contribution in [3.8, 4) is 16.9 Å². The zero-order valence-electron chi connectivity index (χ0n) is 17.2. The Morgan fingerprint density at radius 1 is 1.10 bits per heavy atom. The van der Waals surface area contributed by atoms with Gasteiger partial charge in [0.25, 0.3) is 0 Å². The minimum Gasteiger partial charge on any atom is -0.382 e. The first-order chi connectivity index (χ1) is 14.2. The van der Waals surface area contributed by atoms with Crippen LogP contribution in [0.5, 0.6) is 0 Å². The molecular weight excluding hydrogens is 362 g/mol. The lowest BCUT2D eigenvalue weighted by atomic mass is 10.0. The largest absolute Gasteiger partial charge is 0.382 e. The topological polar surface area (TPSA) is 56.1 Å². The van der Waals surface area contributed by atoms with Gasteiger partial charge in [0.05, 0.1) is 11.4 Å². The van der Waals surface area contributed by atoms with Crippen molar-refractivity contribution < 1.29 is 9.53 Å². The molecule has 1 N–H and O–H groups in total. The molecule has 0 radical (unpaired) electrons. The average Bonchev–Trinajstić information content (AvgIpc) is 3.17. The Kier molecular flexibility index (Phi) is 7.59. The molecule has 0 aliphatic rings. The van der Waals surface area contributed by atoms with Gasteiger partial charge in [-0.25, -0.2) is 4.68 Å². The van der Waals surface area contributed by atoms with Gasteiger partial charge in [-0.2, -0.15) is 5.10 Å². The van der Waals surface area contributed by atoms with E-state index in [1.807, 2.05) is 48.1 Å². The van der Waals surface area contributed by atoms with Crippen LogP contribution in [0.25, 0.3) is 16.9 Å². The summed E-state index contributed by atoms with van der Waals surface area (Å²) in [4.78, 5) is 12.2. The Balaban J connectivity index is 1.71. The highest BCUT2D eigenvalue weighted by Crippen LogP contribution is 2.25. The van der Waals surface area contributed by atoms with Gasteiger partial charge in [0.2, 0.25) is 5.91 Å². The molecule has 0 aliphatic heterocycles. The van der Waals surface area contributed by atoms with Crippen LogP contribution in [0, 0.1) is 6.92 Å². The third kappa shape index (κ3) is 6.03. The van der Waals surface area contributed by atoms with E-state index in [0.29, 0.717) is 32.6 Å². The molecule has 0 saturated heterocycles. The number of carbonyl (C=O) groups is 1. The normalized spacial score (nSPS) is 10.8. The minimum atomic E-state index is 0.0591. The summed E-state index contributed by atoms with van der Waals surface area (Å²) in [7, 11) is 0. The molecule has 2 aromatic carbocycles. The average molecular weight is 392 g/mol. The Morgan fingerprint density at radius 3 is 2.59 bits per heavy atom. The molecular formula is C24H29N3O2. The van der Waals surface area contributed by atoms with E-state index in [2.05, 4.69) is 36.5 Å². The Bertz CT molecular complexity index is 902. The number of aromatic nitrogens is 2. The number of hydrogen-bond donors (Lipinski definition) is 1. The number of nitrogens with zero attached hydrogens (tertiary/aromatic N) is 2. The van der Waals surface area contributed by atoms with Crippen LogP contribution in [-0.2, 0) is 16.0 Å². The molecule has 1 heterocycles. The van der Waals surface area contributed by atoms with Gasteiger partial charge >= 0.3 is 0 Å². The van der Waals surface area contributed by atoms with Gasteiger partial charge in [-0.15, -0.1) is 0 Å². The van der Waals surface area contributed by atoms with Crippen molar-refractivity contribution in [2.45, 2.75) is 33.1 Å². The smallest absolute Gasteiger partial charge is 0.220 e. The van der Waals surface area contributed by atoms with Gasteiger partial charge in [-0.1, -0.05) is 48.0 Å². The summed E-state index contributed by atoms with van der Waals surface area (Å²) in [5, 5.41) is 7.79. The second-order valence-corrected chi connectivity index (χ2v) is 7.05. The Labute approximate surface area is 172 Å². The third-order valence-corrected chi connectivity index (χ3v) is 4.75. The first-order valence-electron chi connectivity index (χ1n) is 10.2. The summed E-state index contributed by atoms with van der Waals surface area (Å²) in [5.74, 6) is 0.0591. The fraction of sp³-hybridized carbons (Fsp3) is 0.333. The SMILES string of the molecule is CCOCCCNC(=O)CCc1cn(-c2ccccc2)nc1-c1ccc(C)cc1. The highest BCUT2D eigenvalue weighted by atomic mass is 16.5. The summed E-state index contributed by atoms with van der Waals surface area (Å²) in [6.45, 7) is 6.08. The van der Waals surface area contributed by atoms with E-state index in [0.717, 1.165) is 28.9 Å². The Hall–Kier alpha value is -2.92. The quantitative estimate of drug-likeness (QED) is 0.524. The van der Waals surface area contributed by atoms with Crippen molar-refractivity contribution in [3.63, 3.8) is 0 Å². The Morgan fingerprint density at radius 2 is 1.86 bits per heavy atom. The van der Waals surface area contributed by atoms with Gasteiger partial charge < -0.3 is 10.1 Å². The van der Waals surface area contributed by atoms with Crippen LogP contribution in [0.1, 0.15) is 30.9 Å². The van der Waals surface area contributed by atoms with Crippen molar-refractivity contribution in [3.05, 3.63) is 71.9 Å². The highest BCUT2D eigenvalue weighted by Gasteiger charge is 2.14. The molecule has 152 valence electrons. The van der Waals surface area contributed by atoms with E-state index >= 15 is 0 Å². The zero-order valence-corrected chi connectivity index (χ0v) is 17.2. The van der Waals surface area contributed by atoms with Crippen LogP contribution in [0.4, 0.5) is 0 Å². The number of carbonyl (C=O) groups excluding carboxylic acids is 1. The van der Waals surface area contributed by atoms with Crippen molar-refractivity contribution in [2.24, 2.45) is 0 Å². The lowest BCUT2D eigenvalue weighted by molar-refractivity contribution is -0.121. The number of rotatable bonds is 10. The molecule has 0 bridgehead atoms. The van der Waals surface area contributed by atoms with Crippen molar-refractivity contribution in [1.29, 1.82) is 0 Å². The van der Waals surface area contributed by atoms with Crippen LogP contribution < -0.4 is 5.32 Å². The van der Waals surface area contributed by atoms with E-state index in [9.17, 15) is 4.79 Å². The monoisotopic (exact) mass is 391 g/mol. The number of hydrogen-bond acceptors (Lipinski definition) is 3. The van der Waals surface area contributed by atoms with Gasteiger partial charge in [0.1, 0.15) is 0 Å². The van der Waals surface area contributed by atoms with Crippen molar-refractivity contribution >= 4 is 5.91 Å². The van der Waals surface area contributed by atoms with Gasteiger partial charge in [-0.3, -0.25) is 4.79 Å². The first-order valence-corrected chi connectivity index (χ1v) is 10.2. The highest BCUT2D eigenvalue weighted by molar-refractivity contribution is 5.76. The standard InChI is InChI=1S/C24H29N3O2/c1-3-29-17-7-16-25-23(28)15-14-21-18-27(22-8-5-4-6-9-22)26-24(21)20-12-10-19(2)11-13-20/h4-6,8-13,18H,3,7,14-17H2,1-2H3,(H,25,28). The van der Waals surface area contributed by atoms with Crippen LogP contribution >= 0.6 is 0 Å². The molecule has 1 aromatic heterocycles. The number of amides is 1. The molecule has 0 aliphatic carbocycles. The summed E-state index contributed by atoms with van der Waals surface area (Å²) in [6.07, 6.45) is 3.95. The number of ether oxygens (including phenoxy) is 1. The predicted molar refractivity (Wildman–Crippen MR) is 116 cm³/mol. The molecule has 0 fully saturated rings. The van der Waals surface area contributed by atoms with Crippen LogP contribution in [0.2, 0.25) is 0 Å². The van der Waals surface area contributed by atoms with E-state index in [-0.39, 0.29) is 5.91 Å². The zero-order chi connectivity index (χ0) is 20.5. The fourth-order valence-electron chi connectivity index (χ4n) is 3.14. The van der Waals surface area contributed by atoms with Gasteiger partial charge in [0.15, 0.2) is 0 Å². The van der Waals surface area contributed by atoms with Crippen molar-refractivity contribution in [1.82, 2.24) is 15.1 Å². The first kappa shape index (κ1) is 20.8. The second-order valence-electron chi connectivity index (χ2n) is 7.05. The van der Waals surface area contributed by atoms with Gasteiger partial charge in [0, 0.05) is 37.9 Å². The van der Waals surface area contributed by atoms with E-state index < -0.39 is 0 Å². The lowest BCUT2D eigenvalue weighted by Gasteiger charge is -2.06. The number of para-hydroxylation sites is 1.